The van der Waals surface area contributed by atoms with Gasteiger partial charge in [0.1, 0.15) is 11.9 Å². The highest BCUT2D eigenvalue weighted by atomic mass is 35.5. The molecule has 0 bridgehead atoms. The lowest BCUT2D eigenvalue weighted by molar-refractivity contribution is 0.100. The number of pyridine rings is 1. The minimum atomic E-state index is -0.742. The minimum absolute atomic E-state index is 0.0907. The van der Waals surface area contributed by atoms with Gasteiger partial charge in [0, 0.05) is 27.9 Å². The molecule has 158 valence electrons. The third kappa shape index (κ3) is 3.78. The van der Waals surface area contributed by atoms with Crippen LogP contribution in [0, 0.1) is 5.82 Å². The number of carbonyl (C=O) groups is 1. The molecule has 2 aromatic carbocycles. The lowest BCUT2D eigenvalue weighted by Gasteiger charge is -2.18. The molecule has 4 rings (SSSR count). The summed E-state index contributed by atoms with van der Waals surface area (Å²) in [6.45, 7) is 1.66. The second kappa shape index (κ2) is 8.09. The summed E-state index contributed by atoms with van der Waals surface area (Å²) in [6.07, 6.45) is 2.35. The molecule has 2 heterocycles. The zero-order valence-electron chi connectivity index (χ0n) is 16.2. The molecule has 0 saturated heterocycles. The van der Waals surface area contributed by atoms with Crippen LogP contribution in [0.4, 0.5) is 10.2 Å². The second-order valence-electron chi connectivity index (χ2n) is 6.82. The number of nitrogens with two attached hydrogens (primary N) is 2. The van der Waals surface area contributed by atoms with E-state index in [0.29, 0.717) is 16.5 Å². The molecule has 1 amide bonds. The summed E-state index contributed by atoms with van der Waals surface area (Å²) >= 11 is 12.3. The van der Waals surface area contributed by atoms with Crippen LogP contribution in [-0.2, 0) is 0 Å². The van der Waals surface area contributed by atoms with Crippen molar-refractivity contribution in [3.05, 3.63) is 75.8 Å². The zero-order chi connectivity index (χ0) is 22.3. The summed E-state index contributed by atoms with van der Waals surface area (Å²) in [5, 5.41) is 0.764. The molecule has 2 aromatic heterocycles. The largest absolute Gasteiger partial charge is 0.478 e. The highest BCUT2D eigenvalue weighted by Gasteiger charge is 2.23. The Labute approximate surface area is 186 Å². The van der Waals surface area contributed by atoms with E-state index in [-0.39, 0.29) is 27.2 Å². The van der Waals surface area contributed by atoms with E-state index in [9.17, 15) is 9.18 Å². The molecule has 6 nitrogen and oxygen atoms in total. The van der Waals surface area contributed by atoms with Crippen molar-refractivity contribution in [2.45, 2.75) is 13.0 Å². The Kier molecular flexibility index (Phi) is 5.47. The van der Waals surface area contributed by atoms with Crippen LogP contribution in [0.25, 0.3) is 22.1 Å². The zero-order valence-corrected chi connectivity index (χ0v) is 17.7. The highest BCUT2D eigenvalue weighted by molar-refractivity contribution is 6.36. The van der Waals surface area contributed by atoms with Crippen LogP contribution in [0.5, 0.6) is 5.75 Å². The predicted octanol–water partition coefficient (Wildman–Crippen LogP) is 5.76. The molecule has 0 spiro atoms. The number of aromatic nitrogens is 1. The van der Waals surface area contributed by atoms with Crippen molar-refractivity contribution in [2.24, 2.45) is 5.73 Å². The predicted molar refractivity (Wildman–Crippen MR) is 118 cm³/mol. The summed E-state index contributed by atoms with van der Waals surface area (Å²) < 4.78 is 25.6. The lowest BCUT2D eigenvalue weighted by atomic mass is 10.0. The first kappa shape index (κ1) is 21.0. The lowest BCUT2D eigenvalue weighted by Crippen LogP contribution is -2.10. The van der Waals surface area contributed by atoms with Gasteiger partial charge in [0.25, 0.3) is 0 Å². The standard InChI is InChI=1S/C22H16Cl2FN3O3/c1-10(17-15(23)6-7-16(25)18(17)24)31-20-19-13(8-28-21(20)26)14(9-30-19)11-2-4-12(5-3-11)22(27)29/h2-10H,1H3,(H2,26,28)(H2,27,29). The summed E-state index contributed by atoms with van der Waals surface area (Å²) in [5.74, 6) is -0.854. The Balaban J connectivity index is 1.75. The number of nitrogens with zero attached hydrogens (tertiary/aromatic N) is 1. The van der Waals surface area contributed by atoms with Crippen LogP contribution >= 0.6 is 23.2 Å². The quantitative estimate of drug-likeness (QED) is 0.369. The molecule has 9 heteroatoms. The second-order valence-corrected chi connectivity index (χ2v) is 7.61. The van der Waals surface area contributed by atoms with Gasteiger partial charge in [0.15, 0.2) is 11.4 Å². The first-order valence-electron chi connectivity index (χ1n) is 9.14. The molecule has 1 unspecified atom stereocenters. The van der Waals surface area contributed by atoms with E-state index in [1.54, 1.807) is 37.4 Å². The number of fused-ring (bicyclic) bond motifs is 1. The fraction of sp³-hybridized carbons (Fsp3) is 0.0909. The van der Waals surface area contributed by atoms with Crippen LogP contribution in [0.1, 0.15) is 28.9 Å². The fourth-order valence-corrected chi connectivity index (χ4v) is 3.96. The van der Waals surface area contributed by atoms with Crippen LogP contribution in [-0.4, -0.2) is 10.9 Å². The molecule has 0 fully saturated rings. The number of hydrogen-bond donors (Lipinski definition) is 2. The number of furan rings is 1. The van der Waals surface area contributed by atoms with Gasteiger partial charge in [0.05, 0.1) is 16.7 Å². The van der Waals surface area contributed by atoms with E-state index in [1.165, 1.54) is 18.4 Å². The SMILES string of the molecule is CC(Oc1c(N)ncc2c(-c3ccc(C(N)=O)cc3)coc12)c1c(Cl)ccc(F)c1Cl. The fourth-order valence-electron chi connectivity index (χ4n) is 3.28. The van der Waals surface area contributed by atoms with Crippen LogP contribution in [0.2, 0.25) is 10.0 Å². The van der Waals surface area contributed by atoms with Crippen molar-refractivity contribution < 1.29 is 18.3 Å². The van der Waals surface area contributed by atoms with Gasteiger partial charge in [-0.25, -0.2) is 9.37 Å². The normalized spacial score (nSPS) is 12.1. The number of halogens is 3. The third-order valence-corrected chi connectivity index (χ3v) is 5.58. The van der Waals surface area contributed by atoms with Gasteiger partial charge in [-0.2, -0.15) is 0 Å². The minimum Gasteiger partial charge on any atom is -0.478 e. The number of amides is 1. The van der Waals surface area contributed by atoms with Crippen molar-refractivity contribution >= 4 is 45.9 Å². The molecule has 31 heavy (non-hydrogen) atoms. The highest BCUT2D eigenvalue weighted by Crippen LogP contribution is 2.41. The van der Waals surface area contributed by atoms with Gasteiger partial charge >= 0.3 is 0 Å². The Morgan fingerprint density at radius 1 is 1.19 bits per heavy atom. The Hall–Kier alpha value is -3.29. The average Bonchev–Trinajstić information content (AvgIpc) is 3.17. The maximum Gasteiger partial charge on any atom is 0.248 e. The summed E-state index contributed by atoms with van der Waals surface area (Å²) in [7, 11) is 0. The van der Waals surface area contributed by atoms with Crippen LogP contribution in [0.15, 0.2) is 53.3 Å². The van der Waals surface area contributed by atoms with Gasteiger partial charge in [-0.05, 0) is 36.8 Å². The Morgan fingerprint density at radius 3 is 2.58 bits per heavy atom. The third-order valence-electron chi connectivity index (χ3n) is 4.86. The number of carbonyl (C=O) groups excluding carboxylic acids is 1. The number of ether oxygens (including phenoxy) is 1. The number of hydrogen-bond acceptors (Lipinski definition) is 5. The van der Waals surface area contributed by atoms with Crippen LogP contribution in [0.3, 0.4) is 0 Å². The molecule has 0 saturated carbocycles. The Morgan fingerprint density at radius 2 is 1.90 bits per heavy atom. The van der Waals surface area contributed by atoms with Crippen LogP contribution < -0.4 is 16.2 Å². The first-order valence-corrected chi connectivity index (χ1v) is 9.89. The smallest absolute Gasteiger partial charge is 0.248 e. The number of rotatable bonds is 5. The van der Waals surface area contributed by atoms with Crippen molar-refractivity contribution in [1.29, 1.82) is 0 Å². The number of benzene rings is 2. The summed E-state index contributed by atoms with van der Waals surface area (Å²) in [4.78, 5) is 15.5. The van der Waals surface area contributed by atoms with Crippen molar-refractivity contribution in [1.82, 2.24) is 4.98 Å². The molecule has 0 aliphatic rings. The van der Waals surface area contributed by atoms with Gasteiger partial charge in [0.2, 0.25) is 11.7 Å². The molecule has 1 atom stereocenters. The van der Waals surface area contributed by atoms with E-state index >= 15 is 0 Å². The molecular formula is C22H16Cl2FN3O3. The molecule has 0 aliphatic carbocycles. The van der Waals surface area contributed by atoms with Gasteiger partial charge in [-0.3, -0.25) is 4.79 Å². The van der Waals surface area contributed by atoms with E-state index < -0.39 is 17.8 Å². The first-order chi connectivity index (χ1) is 14.8. The van der Waals surface area contributed by atoms with Gasteiger partial charge < -0.3 is 20.6 Å². The maximum absolute atomic E-state index is 13.9. The molecule has 0 radical (unpaired) electrons. The van der Waals surface area contributed by atoms with Gasteiger partial charge in [-0.1, -0.05) is 35.3 Å². The van der Waals surface area contributed by atoms with Crippen molar-refractivity contribution in [3.8, 4) is 16.9 Å². The number of primary amides is 1. The average molecular weight is 460 g/mol. The van der Waals surface area contributed by atoms with Crippen molar-refractivity contribution in [2.75, 3.05) is 5.73 Å². The van der Waals surface area contributed by atoms with E-state index in [1.807, 2.05) is 0 Å². The van der Waals surface area contributed by atoms with E-state index in [4.69, 9.17) is 43.8 Å². The summed E-state index contributed by atoms with van der Waals surface area (Å²) in [5.41, 5.74) is 13.9. The topological polar surface area (TPSA) is 104 Å². The maximum atomic E-state index is 13.9. The Bertz CT molecular complexity index is 1310. The monoisotopic (exact) mass is 459 g/mol. The van der Waals surface area contributed by atoms with Crippen molar-refractivity contribution in [3.63, 3.8) is 0 Å². The number of anilines is 1. The molecular weight excluding hydrogens is 444 g/mol. The molecule has 0 aliphatic heterocycles. The molecule has 4 N–H and O–H groups in total. The van der Waals surface area contributed by atoms with E-state index in [2.05, 4.69) is 4.98 Å². The van der Waals surface area contributed by atoms with Gasteiger partial charge in [-0.15, -0.1) is 0 Å². The number of nitrogen functional groups attached to an aromatic ring is 1. The molecule has 4 aromatic rings. The summed E-state index contributed by atoms with van der Waals surface area (Å²) in [6, 6.07) is 9.32. The van der Waals surface area contributed by atoms with E-state index in [0.717, 1.165) is 11.1 Å².